The zero-order valence-corrected chi connectivity index (χ0v) is 20.1. The van der Waals surface area contributed by atoms with E-state index in [0.717, 1.165) is 18.4 Å². The zero-order chi connectivity index (χ0) is 23.5. The van der Waals surface area contributed by atoms with Gasteiger partial charge < -0.3 is 10.1 Å². The summed E-state index contributed by atoms with van der Waals surface area (Å²) in [6.07, 6.45) is 1.73. The number of nitrogens with zero attached hydrogens (tertiary/aromatic N) is 1. The Morgan fingerprint density at radius 1 is 1.19 bits per heavy atom. The van der Waals surface area contributed by atoms with Crippen LogP contribution in [0, 0.1) is 12.8 Å². The molecule has 1 N–H and O–H groups in total. The molecule has 2 aromatic carbocycles. The SMILES string of the molecule is Cc1ccc(Cl)cc1NC(=O)COC(=O)c1ccc(Cl)c(S(=O)(=O)N2CCCC(C)C2)c1. The van der Waals surface area contributed by atoms with Crippen molar-refractivity contribution in [1.82, 2.24) is 4.31 Å². The molecule has 0 aliphatic carbocycles. The lowest BCUT2D eigenvalue weighted by atomic mass is 10.0. The summed E-state index contributed by atoms with van der Waals surface area (Å²) in [6.45, 7) is 4.06. The fraction of sp³-hybridized carbons (Fsp3) is 0.364. The van der Waals surface area contributed by atoms with Gasteiger partial charge in [-0.3, -0.25) is 4.79 Å². The molecule has 0 bridgehead atoms. The standard InChI is InChI=1S/C22H24Cl2N2O5S/c1-14-4-3-9-26(12-14)32(29,30)20-10-16(6-8-18(20)24)22(28)31-13-21(27)25-19-11-17(23)7-5-15(19)2/h5-8,10-11,14H,3-4,9,12-13H2,1-2H3,(H,25,27). The van der Waals surface area contributed by atoms with E-state index in [1.807, 2.05) is 6.92 Å². The van der Waals surface area contributed by atoms with Gasteiger partial charge in [0.25, 0.3) is 5.91 Å². The number of carbonyl (C=O) groups is 2. The van der Waals surface area contributed by atoms with Crippen molar-refractivity contribution in [2.24, 2.45) is 5.92 Å². The van der Waals surface area contributed by atoms with E-state index in [2.05, 4.69) is 5.32 Å². The number of ether oxygens (including phenoxy) is 1. The van der Waals surface area contributed by atoms with E-state index in [0.29, 0.717) is 23.8 Å². The van der Waals surface area contributed by atoms with Crippen molar-refractivity contribution in [2.75, 3.05) is 25.0 Å². The molecule has 1 aliphatic heterocycles. The first kappa shape index (κ1) is 24.5. The monoisotopic (exact) mass is 498 g/mol. The number of benzene rings is 2. The minimum atomic E-state index is -3.86. The van der Waals surface area contributed by atoms with Crippen molar-refractivity contribution in [1.29, 1.82) is 0 Å². The second-order valence-corrected chi connectivity index (χ2v) is 10.6. The van der Waals surface area contributed by atoms with E-state index >= 15 is 0 Å². The third-order valence-electron chi connectivity index (χ3n) is 5.21. The maximum absolute atomic E-state index is 13.1. The number of sulfonamides is 1. The molecular weight excluding hydrogens is 475 g/mol. The molecule has 0 spiro atoms. The molecule has 32 heavy (non-hydrogen) atoms. The van der Waals surface area contributed by atoms with Crippen LogP contribution in [0.15, 0.2) is 41.3 Å². The van der Waals surface area contributed by atoms with Crippen molar-refractivity contribution < 1.29 is 22.7 Å². The molecule has 7 nitrogen and oxygen atoms in total. The number of aryl methyl sites for hydroxylation is 1. The van der Waals surface area contributed by atoms with Gasteiger partial charge in [-0.15, -0.1) is 0 Å². The fourth-order valence-electron chi connectivity index (χ4n) is 3.46. The molecule has 0 saturated carbocycles. The minimum Gasteiger partial charge on any atom is -0.452 e. The van der Waals surface area contributed by atoms with Crippen LogP contribution in [0.3, 0.4) is 0 Å². The number of nitrogens with one attached hydrogen (secondary N) is 1. The number of amides is 1. The predicted octanol–water partition coefficient (Wildman–Crippen LogP) is 4.52. The highest BCUT2D eigenvalue weighted by Crippen LogP contribution is 2.29. The molecule has 1 unspecified atom stereocenters. The summed E-state index contributed by atoms with van der Waals surface area (Å²) in [7, 11) is -3.86. The molecule has 1 amide bonds. The smallest absolute Gasteiger partial charge is 0.338 e. The number of esters is 1. The van der Waals surface area contributed by atoms with E-state index < -0.39 is 28.5 Å². The van der Waals surface area contributed by atoms with Gasteiger partial charge in [-0.25, -0.2) is 13.2 Å². The summed E-state index contributed by atoms with van der Waals surface area (Å²) in [4.78, 5) is 24.5. The Labute approximate surface area is 197 Å². The maximum Gasteiger partial charge on any atom is 0.338 e. The van der Waals surface area contributed by atoms with Gasteiger partial charge in [0.2, 0.25) is 10.0 Å². The summed E-state index contributed by atoms with van der Waals surface area (Å²) < 4.78 is 32.6. The molecule has 1 heterocycles. The predicted molar refractivity (Wildman–Crippen MR) is 124 cm³/mol. The van der Waals surface area contributed by atoms with Crippen LogP contribution < -0.4 is 5.32 Å². The van der Waals surface area contributed by atoms with E-state index in [9.17, 15) is 18.0 Å². The number of hydrogen-bond acceptors (Lipinski definition) is 5. The number of rotatable bonds is 6. The fourth-order valence-corrected chi connectivity index (χ4v) is 5.73. The van der Waals surface area contributed by atoms with Crippen LogP contribution in [0.2, 0.25) is 10.0 Å². The molecule has 0 aromatic heterocycles. The lowest BCUT2D eigenvalue weighted by Crippen LogP contribution is -2.39. The van der Waals surface area contributed by atoms with Gasteiger partial charge in [-0.1, -0.05) is 36.2 Å². The Balaban J connectivity index is 1.69. The third kappa shape index (κ3) is 5.81. The van der Waals surface area contributed by atoms with Crippen molar-refractivity contribution in [3.8, 4) is 0 Å². The molecule has 1 fully saturated rings. The normalized spacial score (nSPS) is 17.1. The second kappa shape index (κ2) is 10.2. The Kier molecular flexibility index (Phi) is 7.82. The number of anilines is 1. The topological polar surface area (TPSA) is 92.8 Å². The lowest BCUT2D eigenvalue weighted by Gasteiger charge is -2.30. The summed E-state index contributed by atoms with van der Waals surface area (Å²) >= 11 is 12.1. The Hall–Kier alpha value is -2.13. The number of piperidine rings is 1. The average molecular weight is 499 g/mol. The van der Waals surface area contributed by atoms with Crippen LogP contribution in [-0.4, -0.2) is 44.3 Å². The van der Waals surface area contributed by atoms with Gasteiger partial charge in [0, 0.05) is 23.8 Å². The van der Waals surface area contributed by atoms with Crippen molar-refractivity contribution in [3.05, 3.63) is 57.6 Å². The Bertz CT molecular complexity index is 1140. The minimum absolute atomic E-state index is 0.00947. The van der Waals surface area contributed by atoms with Gasteiger partial charge in [0.1, 0.15) is 4.90 Å². The van der Waals surface area contributed by atoms with Gasteiger partial charge >= 0.3 is 5.97 Å². The lowest BCUT2D eigenvalue weighted by molar-refractivity contribution is -0.119. The molecule has 172 valence electrons. The molecule has 1 saturated heterocycles. The largest absolute Gasteiger partial charge is 0.452 e. The summed E-state index contributed by atoms with van der Waals surface area (Å²) in [5, 5.41) is 3.11. The van der Waals surface area contributed by atoms with E-state index in [1.54, 1.807) is 25.1 Å². The van der Waals surface area contributed by atoms with Gasteiger partial charge in [0.15, 0.2) is 6.61 Å². The van der Waals surface area contributed by atoms with E-state index in [4.69, 9.17) is 27.9 Å². The molecule has 3 rings (SSSR count). The summed E-state index contributed by atoms with van der Waals surface area (Å²) in [6, 6.07) is 8.94. The molecule has 2 aromatic rings. The number of carbonyl (C=O) groups excluding carboxylic acids is 2. The highest BCUT2D eigenvalue weighted by Gasteiger charge is 2.31. The molecule has 1 aliphatic rings. The first-order chi connectivity index (χ1) is 15.1. The van der Waals surface area contributed by atoms with Gasteiger partial charge in [-0.2, -0.15) is 4.31 Å². The van der Waals surface area contributed by atoms with Crippen LogP contribution >= 0.6 is 23.2 Å². The highest BCUT2D eigenvalue weighted by atomic mass is 35.5. The number of hydrogen-bond donors (Lipinski definition) is 1. The highest BCUT2D eigenvalue weighted by molar-refractivity contribution is 7.89. The van der Waals surface area contributed by atoms with Crippen molar-refractivity contribution in [3.63, 3.8) is 0 Å². The van der Waals surface area contributed by atoms with Crippen molar-refractivity contribution >= 4 is 50.8 Å². The van der Waals surface area contributed by atoms with Crippen LogP contribution in [-0.2, 0) is 19.6 Å². The van der Waals surface area contributed by atoms with Crippen LogP contribution in [0.25, 0.3) is 0 Å². The Morgan fingerprint density at radius 3 is 2.66 bits per heavy atom. The van der Waals surface area contributed by atoms with Crippen molar-refractivity contribution in [2.45, 2.75) is 31.6 Å². The molecule has 10 heteroatoms. The second-order valence-electron chi connectivity index (χ2n) is 7.84. The van der Waals surface area contributed by atoms with Crippen LogP contribution in [0.4, 0.5) is 5.69 Å². The quantitative estimate of drug-likeness (QED) is 0.591. The first-order valence-corrected chi connectivity index (χ1v) is 12.3. The van der Waals surface area contributed by atoms with Crippen LogP contribution in [0.1, 0.15) is 35.7 Å². The zero-order valence-electron chi connectivity index (χ0n) is 17.7. The van der Waals surface area contributed by atoms with Gasteiger partial charge in [-0.05, 0) is 61.6 Å². The average Bonchev–Trinajstić information content (AvgIpc) is 2.75. The van der Waals surface area contributed by atoms with Gasteiger partial charge in [0.05, 0.1) is 10.6 Å². The van der Waals surface area contributed by atoms with E-state index in [1.165, 1.54) is 22.5 Å². The molecular formula is C22H24Cl2N2O5S. The molecule has 0 radical (unpaired) electrons. The summed E-state index contributed by atoms with van der Waals surface area (Å²) in [5.74, 6) is -1.14. The van der Waals surface area contributed by atoms with E-state index in [-0.39, 0.29) is 21.4 Å². The third-order valence-corrected chi connectivity index (χ3v) is 7.79. The number of halogens is 2. The Morgan fingerprint density at radius 2 is 1.94 bits per heavy atom. The summed E-state index contributed by atoms with van der Waals surface area (Å²) in [5.41, 5.74) is 1.30. The first-order valence-electron chi connectivity index (χ1n) is 10.1. The van der Waals surface area contributed by atoms with Crippen LogP contribution in [0.5, 0.6) is 0 Å². The molecule has 1 atom stereocenters. The maximum atomic E-state index is 13.1.